The molecule has 0 aliphatic carbocycles. The summed E-state index contributed by atoms with van der Waals surface area (Å²) in [7, 11) is 1.91. The topological polar surface area (TPSA) is 43.3 Å². The summed E-state index contributed by atoms with van der Waals surface area (Å²) >= 11 is 0. The molecule has 0 aromatic heterocycles. The molecule has 3 fully saturated rings. The first-order valence-electron chi connectivity index (χ1n) is 10.2. The summed E-state index contributed by atoms with van der Waals surface area (Å²) in [5.74, 6) is 1.91. The molecule has 1 N–H and O–H groups in total. The van der Waals surface area contributed by atoms with Crippen LogP contribution in [-0.2, 0) is 4.74 Å². The van der Waals surface area contributed by atoms with E-state index in [0.29, 0.717) is 12.1 Å². The van der Waals surface area contributed by atoms with E-state index in [9.17, 15) is 0 Å². The van der Waals surface area contributed by atoms with Gasteiger partial charge in [0, 0.05) is 58.4 Å². The van der Waals surface area contributed by atoms with Gasteiger partial charge in [-0.25, -0.2) is 0 Å². The number of halogens is 1. The lowest BCUT2D eigenvalue weighted by Crippen LogP contribution is -2.50. The maximum absolute atomic E-state index is 5.49. The zero-order valence-corrected chi connectivity index (χ0v) is 19.2. The number of hydrogen-bond acceptors (Lipinski definition) is 4. The number of nitrogens with one attached hydrogen (secondary N) is 1. The van der Waals surface area contributed by atoms with Gasteiger partial charge >= 0.3 is 0 Å². The van der Waals surface area contributed by atoms with Gasteiger partial charge in [-0.2, -0.15) is 0 Å². The Labute approximate surface area is 176 Å². The van der Waals surface area contributed by atoms with Gasteiger partial charge in [-0.15, -0.1) is 24.0 Å². The minimum atomic E-state index is 0. The highest BCUT2D eigenvalue weighted by atomic mass is 127. The standard InChI is InChI=1S/C19H37N5O.HI/c1-16-5-4-7-23(14-16)17(2)13-21-19(20-3)24-8-6-18(15-24)22-9-11-25-12-10-22;/h16-18H,4-15H2,1-3H3,(H,20,21);1H. The number of ether oxygens (including phenoxy) is 1. The predicted octanol–water partition coefficient (Wildman–Crippen LogP) is 1.71. The van der Waals surface area contributed by atoms with Crippen molar-refractivity contribution in [2.45, 2.75) is 45.2 Å². The van der Waals surface area contributed by atoms with E-state index in [-0.39, 0.29) is 24.0 Å². The third-order valence-corrected chi connectivity index (χ3v) is 6.10. The molecule has 3 rings (SSSR count). The number of likely N-dealkylation sites (tertiary alicyclic amines) is 2. The van der Waals surface area contributed by atoms with E-state index in [2.05, 4.69) is 38.9 Å². The van der Waals surface area contributed by atoms with Crippen LogP contribution in [0.25, 0.3) is 0 Å². The van der Waals surface area contributed by atoms with Gasteiger partial charge < -0.3 is 15.0 Å². The molecule has 0 bridgehead atoms. The van der Waals surface area contributed by atoms with Gasteiger partial charge in [-0.3, -0.25) is 14.8 Å². The van der Waals surface area contributed by atoms with Crippen LogP contribution in [0.5, 0.6) is 0 Å². The van der Waals surface area contributed by atoms with E-state index < -0.39 is 0 Å². The summed E-state index contributed by atoms with van der Waals surface area (Å²) in [4.78, 5) is 12.2. The summed E-state index contributed by atoms with van der Waals surface area (Å²) in [5, 5.41) is 3.64. The Morgan fingerprint density at radius 3 is 2.62 bits per heavy atom. The van der Waals surface area contributed by atoms with Gasteiger partial charge in [0.15, 0.2) is 5.96 Å². The van der Waals surface area contributed by atoms with Crippen LogP contribution in [0.15, 0.2) is 4.99 Å². The lowest BCUT2D eigenvalue weighted by molar-refractivity contribution is 0.0194. The number of piperidine rings is 1. The molecule has 152 valence electrons. The van der Waals surface area contributed by atoms with Crippen molar-refractivity contribution in [3.8, 4) is 0 Å². The molecule has 3 unspecified atom stereocenters. The van der Waals surface area contributed by atoms with Gasteiger partial charge in [0.1, 0.15) is 0 Å². The molecule has 0 aromatic carbocycles. The Balaban J connectivity index is 0.00000243. The largest absolute Gasteiger partial charge is 0.379 e. The molecule has 26 heavy (non-hydrogen) atoms. The van der Waals surface area contributed by atoms with E-state index in [1.54, 1.807) is 0 Å². The van der Waals surface area contributed by atoms with Crippen molar-refractivity contribution in [2.24, 2.45) is 10.9 Å². The summed E-state index contributed by atoms with van der Waals surface area (Å²) in [6.45, 7) is 14.3. The first kappa shape index (κ1) is 22.2. The van der Waals surface area contributed by atoms with Crippen molar-refractivity contribution in [1.82, 2.24) is 20.0 Å². The van der Waals surface area contributed by atoms with Crippen molar-refractivity contribution in [3.05, 3.63) is 0 Å². The normalized spacial score (nSPS) is 30.1. The fourth-order valence-corrected chi connectivity index (χ4v) is 4.50. The number of hydrogen-bond donors (Lipinski definition) is 1. The molecule has 0 radical (unpaired) electrons. The van der Waals surface area contributed by atoms with Crippen molar-refractivity contribution in [1.29, 1.82) is 0 Å². The van der Waals surface area contributed by atoms with Crippen LogP contribution in [0.2, 0.25) is 0 Å². The molecule has 0 aromatic rings. The Morgan fingerprint density at radius 2 is 1.92 bits per heavy atom. The van der Waals surface area contributed by atoms with E-state index >= 15 is 0 Å². The van der Waals surface area contributed by atoms with E-state index in [4.69, 9.17) is 4.74 Å². The highest BCUT2D eigenvalue weighted by Crippen LogP contribution is 2.18. The smallest absolute Gasteiger partial charge is 0.193 e. The van der Waals surface area contributed by atoms with E-state index in [0.717, 1.165) is 57.8 Å². The maximum atomic E-state index is 5.49. The Hall–Kier alpha value is -0.120. The number of morpholine rings is 1. The van der Waals surface area contributed by atoms with Gasteiger partial charge in [0.25, 0.3) is 0 Å². The second-order valence-corrected chi connectivity index (χ2v) is 8.06. The molecule has 3 saturated heterocycles. The van der Waals surface area contributed by atoms with Crippen molar-refractivity contribution in [3.63, 3.8) is 0 Å². The molecule has 0 spiro atoms. The third-order valence-electron chi connectivity index (χ3n) is 6.10. The molecule has 6 nitrogen and oxygen atoms in total. The average Bonchev–Trinajstić information content (AvgIpc) is 3.13. The van der Waals surface area contributed by atoms with Gasteiger partial charge in [-0.1, -0.05) is 6.92 Å². The molecular weight excluding hydrogens is 441 g/mol. The van der Waals surface area contributed by atoms with Crippen LogP contribution >= 0.6 is 24.0 Å². The maximum Gasteiger partial charge on any atom is 0.193 e. The summed E-state index contributed by atoms with van der Waals surface area (Å²) < 4.78 is 5.49. The monoisotopic (exact) mass is 479 g/mol. The molecule has 3 heterocycles. The number of guanidine groups is 1. The molecule has 3 aliphatic rings. The fourth-order valence-electron chi connectivity index (χ4n) is 4.50. The number of rotatable bonds is 4. The molecule has 3 atom stereocenters. The van der Waals surface area contributed by atoms with Crippen LogP contribution in [0, 0.1) is 5.92 Å². The zero-order valence-electron chi connectivity index (χ0n) is 16.8. The van der Waals surface area contributed by atoms with Crippen molar-refractivity contribution in [2.75, 3.05) is 66.1 Å². The fraction of sp³-hybridized carbons (Fsp3) is 0.947. The Bertz CT molecular complexity index is 444. The van der Waals surface area contributed by atoms with Gasteiger partial charge in [0.2, 0.25) is 0 Å². The summed E-state index contributed by atoms with van der Waals surface area (Å²) in [6.07, 6.45) is 3.96. The lowest BCUT2D eigenvalue weighted by Gasteiger charge is -2.36. The zero-order chi connectivity index (χ0) is 17.6. The van der Waals surface area contributed by atoms with Crippen LogP contribution in [0.3, 0.4) is 0 Å². The van der Waals surface area contributed by atoms with Crippen molar-refractivity contribution < 1.29 is 4.74 Å². The molecule has 0 amide bonds. The second kappa shape index (κ2) is 11.0. The SMILES string of the molecule is CN=C(NCC(C)N1CCCC(C)C1)N1CCC(N2CCOCC2)C1.I. The lowest BCUT2D eigenvalue weighted by atomic mass is 9.99. The Kier molecular flexibility index (Phi) is 9.40. The number of nitrogens with zero attached hydrogens (tertiary/aromatic N) is 4. The average molecular weight is 479 g/mol. The molecule has 0 saturated carbocycles. The van der Waals surface area contributed by atoms with Crippen LogP contribution < -0.4 is 5.32 Å². The Morgan fingerprint density at radius 1 is 1.15 bits per heavy atom. The predicted molar refractivity (Wildman–Crippen MR) is 119 cm³/mol. The number of aliphatic imine (C=N–C) groups is 1. The highest BCUT2D eigenvalue weighted by molar-refractivity contribution is 14.0. The molecule has 7 heteroatoms. The van der Waals surface area contributed by atoms with E-state index in [1.807, 2.05) is 7.05 Å². The van der Waals surface area contributed by atoms with E-state index in [1.165, 1.54) is 32.4 Å². The molecular formula is C19H38IN5O. The van der Waals surface area contributed by atoms with Gasteiger partial charge in [0.05, 0.1) is 13.2 Å². The minimum absolute atomic E-state index is 0. The minimum Gasteiger partial charge on any atom is -0.379 e. The van der Waals surface area contributed by atoms with Crippen LogP contribution in [0.1, 0.15) is 33.1 Å². The first-order valence-corrected chi connectivity index (χ1v) is 10.2. The van der Waals surface area contributed by atoms with Gasteiger partial charge in [-0.05, 0) is 38.6 Å². The highest BCUT2D eigenvalue weighted by Gasteiger charge is 2.30. The molecule has 3 aliphatic heterocycles. The van der Waals surface area contributed by atoms with Crippen LogP contribution in [-0.4, -0.2) is 98.8 Å². The quantitative estimate of drug-likeness (QED) is 0.378. The third kappa shape index (κ3) is 5.94. The van der Waals surface area contributed by atoms with Crippen molar-refractivity contribution >= 4 is 29.9 Å². The second-order valence-electron chi connectivity index (χ2n) is 8.06. The summed E-state index contributed by atoms with van der Waals surface area (Å²) in [6, 6.07) is 1.22. The van der Waals surface area contributed by atoms with Crippen LogP contribution in [0.4, 0.5) is 0 Å². The first-order chi connectivity index (χ1) is 12.2. The summed E-state index contributed by atoms with van der Waals surface area (Å²) in [5.41, 5.74) is 0.